The Morgan fingerprint density at radius 3 is 2.30 bits per heavy atom. The minimum Gasteiger partial charge on any atom is -0.481 e. The topological polar surface area (TPSA) is 66.4 Å². The summed E-state index contributed by atoms with van der Waals surface area (Å²) >= 11 is 0. The summed E-state index contributed by atoms with van der Waals surface area (Å²) in [6.45, 7) is 5.47. The zero-order chi connectivity index (χ0) is 17.0. The Kier molecular flexibility index (Phi) is 4.84. The number of carbonyl (C=O) groups is 2. The number of nitrogens with one attached hydrogen (secondary N) is 1. The van der Waals surface area contributed by atoms with Crippen molar-refractivity contribution >= 4 is 17.6 Å². The van der Waals surface area contributed by atoms with Crippen LogP contribution in [0, 0.1) is 13.8 Å². The molecule has 0 aliphatic heterocycles. The lowest BCUT2D eigenvalue weighted by atomic mass is 9.79. The van der Waals surface area contributed by atoms with Gasteiger partial charge in [-0.1, -0.05) is 48.0 Å². The Labute approximate surface area is 136 Å². The fourth-order valence-corrected chi connectivity index (χ4v) is 2.58. The lowest BCUT2D eigenvalue weighted by molar-refractivity contribution is -0.145. The van der Waals surface area contributed by atoms with Crippen molar-refractivity contribution in [1.82, 2.24) is 0 Å². The number of benzene rings is 2. The molecule has 0 fully saturated rings. The summed E-state index contributed by atoms with van der Waals surface area (Å²) in [6, 6.07) is 14.6. The Bertz CT molecular complexity index is 725. The van der Waals surface area contributed by atoms with Crippen molar-refractivity contribution in [3.8, 4) is 0 Å². The van der Waals surface area contributed by atoms with Crippen molar-refractivity contribution in [3.05, 3.63) is 65.2 Å². The van der Waals surface area contributed by atoms with Crippen LogP contribution in [-0.2, 0) is 15.0 Å². The molecule has 2 rings (SSSR count). The minimum atomic E-state index is -1.26. The van der Waals surface area contributed by atoms with Crippen LogP contribution in [0.25, 0.3) is 0 Å². The molecule has 120 valence electrons. The highest BCUT2D eigenvalue weighted by Crippen LogP contribution is 2.29. The average Bonchev–Trinajstić information content (AvgIpc) is 2.50. The van der Waals surface area contributed by atoms with E-state index in [1.54, 1.807) is 31.2 Å². The van der Waals surface area contributed by atoms with Crippen LogP contribution in [0.5, 0.6) is 0 Å². The van der Waals surface area contributed by atoms with E-state index in [4.69, 9.17) is 0 Å². The number of carboxylic acids is 1. The molecule has 1 atom stereocenters. The number of amides is 1. The molecule has 4 heteroatoms. The highest BCUT2D eigenvalue weighted by atomic mass is 16.4. The number of carbonyl (C=O) groups excluding carboxylic acids is 1. The van der Waals surface area contributed by atoms with Gasteiger partial charge in [0.2, 0.25) is 5.91 Å². The molecule has 0 aromatic heterocycles. The Balaban J connectivity index is 2.20. The quantitative estimate of drug-likeness (QED) is 0.885. The Morgan fingerprint density at radius 2 is 1.74 bits per heavy atom. The molecule has 23 heavy (non-hydrogen) atoms. The van der Waals surface area contributed by atoms with Crippen LogP contribution in [0.1, 0.15) is 30.0 Å². The van der Waals surface area contributed by atoms with Gasteiger partial charge in [0.1, 0.15) is 0 Å². The normalized spacial score (nSPS) is 13.2. The zero-order valence-electron chi connectivity index (χ0n) is 13.6. The first-order chi connectivity index (χ1) is 10.8. The van der Waals surface area contributed by atoms with Crippen molar-refractivity contribution in [3.63, 3.8) is 0 Å². The van der Waals surface area contributed by atoms with E-state index in [1.807, 2.05) is 38.1 Å². The molecule has 0 radical (unpaired) electrons. The summed E-state index contributed by atoms with van der Waals surface area (Å²) in [5.41, 5.74) is 2.13. The third-order valence-electron chi connectivity index (χ3n) is 4.05. The van der Waals surface area contributed by atoms with E-state index in [1.165, 1.54) is 0 Å². The molecule has 0 bridgehead atoms. The van der Waals surface area contributed by atoms with Crippen molar-refractivity contribution < 1.29 is 14.7 Å². The number of rotatable bonds is 5. The van der Waals surface area contributed by atoms with Crippen LogP contribution in [0.2, 0.25) is 0 Å². The maximum Gasteiger partial charge on any atom is 0.314 e. The molecule has 2 aromatic carbocycles. The average molecular weight is 311 g/mol. The largest absolute Gasteiger partial charge is 0.481 e. The lowest BCUT2D eigenvalue weighted by Crippen LogP contribution is -2.36. The van der Waals surface area contributed by atoms with Gasteiger partial charge in [-0.05, 0) is 38.0 Å². The van der Waals surface area contributed by atoms with Gasteiger partial charge in [-0.25, -0.2) is 0 Å². The summed E-state index contributed by atoms with van der Waals surface area (Å²) in [5, 5.41) is 12.4. The third kappa shape index (κ3) is 3.77. The Hall–Kier alpha value is -2.62. The smallest absolute Gasteiger partial charge is 0.314 e. The molecule has 0 unspecified atom stereocenters. The van der Waals surface area contributed by atoms with Gasteiger partial charge in [-0.15, -0.1) is 0 Å². The van der Waals surface area contributed by atoms with Gasteiger partial charge in [0.05, 0.1) is 5.41 Å². The van der Waals surface area contributed by atoms with Gasteiger partial charge < -0.3 is 10.4 Å². The lowest BCUT2D eigenvalue weighted by Gasteiger charge is -2.25. The first kappa shape index (κ1) is 16.7. The molecular weight excluding hydrogens is 290 g/mol. The maximum atomic E-state index is 12.4. The molecule has 0 spiro atoms. The van der Waals surface area contributed by atoms with E-state index < -0.39 is 11.4 Å². The number of aliphatic carboxylic acids is 1. The number of carboxylic acid groups (broad SMARTS) is 1. The molecule has 0 aliphatic carbocycles. The first-order valence-electron chi connectivity index (χ1n) is 7.49. The molecule has 4 nitrogen and oxygen atoms in total. The number of hydrogen-bond acceptors (Lipinski definition) is 2. The van der Waals surface area contributed by atoms with Gasteiger partial charge >= 0.3 is 5.97 Å². The molecule has 1 amide bonds. The maximum absolute atomic E-state index is 12.4. The van der Waals surface area contributed by atoms with Gasteiger partial charge in [-0.3, -0.25) is 9.59 Å². The van der Waals surface area contributed by atoms with Gasteiger partial charge in [-0.2, -0.15) is 0 Å². The van der Waals surface area contributed by atoms with E-state index in [-0.39, 0.29) is 12.3 Å². The van der Waals surface area contributed by atoms with Gasteiger partial charge in [0.15, 0.2) is 0 Å². The molecular formula is C19H21NO3. The van der Waals surface area contributed by atoms with E-state index in [9.17, 15) is 14.7 Å². The summed E-state index contributed by atoms with van der Waals surface area (Å²) in [6.07, 6.45) is -0.125. The molecule has 0 heterocycles. The van der Waals surface area contributed by atoms with Crippen LogP contribution in [0.4, 0.5) is 5.69 Å². The molecule has 0 saturated carbocycles. The van der Waals surface area contributed by atoms with Crippen molar-refractivity contribution in [2.75, 3.05) is 5.32 Å². The van der Waals surface area contributed by atoms with E-state index >= 15 is 0 Å². The molecule has 2 N–H and O–H groups in total. The van der Waals surface area contributed by atoms with Crippen LogP contribution >= 0.6 is 0 Å². The summed E-state index contributed by atoms with van der Waals surface area (Å²) < 4.78 is 0. The van der Waals surface area contributed by atoms with E-state index in [0.717, 1.165) is 11.1 Å². The van der Waals surface area contributed by atoms with Crippen molar-refractivity contribution in [1.29, 1.82) is 0 Å². The highest BCUT2D eigenvalue weighted by Gasteiger charge is 2.37. The number of anilines is 1. The fourth-order valence-electron chi connectivity index (χ4n) is 2.58. The van der Waals surface area contributed by atoms with Gasteiger partial charge in [0.25, 0.3) is 0 Å². The minimum absolute atomic E-state index is 0.125. The SMILES string of the molecule is Cc1ccc(NC(=O)C[C@](C)(C(=O)O)c2ccccc2)c(C)c1. The fraction of sp³-hybridized carbons (Fsp3) is 0.263. The van der Waals surface area contributed by atoms with Crippen LogP contribution in [0.3, 0.4) is 0 Å². The predicted molar refractivity (Wildman–Crippen MR) is 90.6 cm³/mol. The Morgan fingerprint density at radius 1 is 1.09 bits per heavy atom. The molecule has 0 aliphatic rings. The third-order valence-corrected chi connectivity index (χ3v) is 4.05. The van der Waals surface area contributed by atoms with Gasteiger partial charge in [0, 0.05) is 12.1 Å². The second kappa shape index (κ2) is 6.65. The van der Waals surface area contributed by atoms with E-state index in [2.05, 4.69) is 5.32 Å². The highest BCUT2D eigenvalue weighted by molar-refractivity contribution is 5.96. The van der Waals surface area contributed by atoms with Crippen molar-refractivity contribution in [2.24, 2.45) is 0 Å². The first-order valence-corrected chi connectivity index (χ1v) is 7.49. The summed E-state index contributed by atoms with van der Waals surface area (Å²) in [5.74, 6) is -1.33. The van der Waals surface area contributed by atoms with Crippen molar-refractivity contribution in [2.45, 2.75) is 32.6 Å². The van der Waals surface area contributed by atoms with E-state index in [0.29, 0.717) is 11.3 Å². The van der Waals surface area contributed by atoms with Crippen LogP contribution in [0.15, 0.2) is 48.5 Å². The summed E-state index contributed by atoms with van der Waals surface area (Å²) in [7, 11) is 0. The molecule has 2 aromatic rings. The summed E-state index contributed by atoms with van der Waals surface area (Å²) in [4.78, 5) is 24.1. The van der Waals surface area contributed by atoms with Crippen LogP contribution in [-0.4, -0.2) is 17.0 Å². The standard InChI is InChI=1S/C19H21NO3/c1-13-9-10-16(14(2)11-13)20-17(21)12-19(3,18(22)23)15-7-5-4-6-8-15/h4-11H,12H2,1-3H3,(H,20,21)(H,22,23)/t19-/m0/s1. The second-order valence-corrected chi connectivity index (χ2v) is 6.05. The zero-order valence-corrected chi connectivity index (χ0v) is 13.6. The second-order valence-electron chi connectivity index (χ2n) is 6.05. The predicted octanol–water partition coefficient (Wildman–Crippen LogP) is 3.67. The monoisotopic (exact) mass is 311 g/mol. The van der Waals surface area contributed by atoms with Crippen LogP contribution < -0.4 is 5.32 Å². The molecule has 0 saturated heterocycles. The number of hydrogen-bond donors (Lipinski definition) is 2. The number of aryl methyl sites for hydroxylation is 2.